The summed E-state index contributed by atoms with van der Waals surface area (Å²) in [7, 11) is 0. The summed E-state index contributed by atoms with van der Waals surface area (Å²) in [4.78, 5) is 29.5. The van der Waals surface area contributed by atoms with Gasteiger partial charge in [-0.3, -0.25) is 9.78 Å². The van der Waals surface area contributed by atoms with Gasteiger partial charge in [-0.05, 0) is 39.7 Å². The van der Waals surface area contributed by atoms with Gasteiger partial charge < -0.3 is 15.0 Å². The topological polar surface area (TPSA) is 71.5 Å². The van der Waals surface area contributed by atoms with Gasteiger partial charge in [0.15, 0.2) is 5.82 Å². The normalized spacial score (nSPS) is 18.4. The first-order chi connectivity index (χ1) is 10.8. The molecule has 1 atom stereocenters. The molecule has 126 valence electrons. The molecule has 1 saturated heterocycles. The largest absolute Gasteiger partial charge is 0.460 e. The van der Waals surface area contributed by atoms with Crippen molar-refractivity contribution in [3.63, 3.8) is 0 Å². The van der Waals surface area contributed by atoms with Gasteiger partial charge in [0.1, 0.15) is 5.60 Å². The van der Waals surface area contributed by atoms with Crippen molar-refractivity contribution in [2.24, 2.45) is 5.92 Å². The van der Waals surface area contributed by atoms with Gasteiger partial charge in [0.05, 0.1) is 17.8 Å². The van der Waals surface area contributed by atoms with Crippen LogP contribution in [0.1, 0.15) is 33.6 Å². The molecule has 0 unspecified atom stereocenters. The molecular formula is C16H22FN3O3. The Bertz CT molecular complexity index is 586. The number of urea groups is 1. The van der Waals surface area contributed by atoms with Gasteiger partial charge >= 0.3 is 12.0 Å². The molecule has 1 fully saturated rings. The van der Waals surface area contributed by atoms with Gasteiger partial charge in [-0.15, -0.1) is 0 Å². The molecule has 23 heavy (non-hydrogen) atoms. The number of amides is 2. The van der Waals surface area contributed by atoms with Crippen molar-refractivity contribution in [3.05, 3.63) is 24.3 Å². The van der Waals surface area contributed by atoms with Crippen LogP contribution in [0.3, 0.4) is 0 Å². The molecule has 0 aliphatic carbocycles. The standard InChI is InChI=1S/C16H22FN3O3/c1-16(2,3)23-14(21)11-5-4-8-20(10-11)15(22)19-13-6-7-18-9-12(13)17/h6-7,9,11H,4-5,8,10H2,1-3H3,(H,18,19,22)/t11-/m0/s1. The van der Waals surface area contributed by atoms with Crippen molar-refractivity contribution in [1.82, 2.24) is 9.88 Å². The molecule has 0 bridgehead atoms. The molecule has 1 aromatic heterocycles. The van der Waals surface area contributed by atoms with Gasteiger partial charge in [0, 0.05) is 19.3 Å². The van der Waals surface area contributed by atoms with E-state index in [4.69, 9.17) is 4.74 Å². The number of nitrogens with one attached hydrogen (secondary N) is 1. The fraction of sp³-hybridized carbons (Fsp3) is 0.562. The van der Waals surface area contributed by atoms with Crippen LogP contribution in [0.2, 0.25) is 0 Å². The maximum atomic E-state index is 13.5. The first-order valence-electron chi connectivity index (χ1n) is 7.64. The number of aromatic nitrogens is 1. The number of piperidine rings is 1. The third kappa shape index (κ3) is 4.91. The lowest BCUT2D eigenvalue weighted by atomic mass is 9.98. The maximum absolute atomic E-state index is 13.5. The Morgan fingerprint density at radius 3 is 2.83 bits per heavy atom. The molecule has 0 aromatic carbocycles. The summed E-state index contributed by atoms with van der Waals surface area (Å²) < 4.78 is 18.9. The van der Waals surface area contributed by atoms with Gasteiger partial charge in [-0.25, -0.2) is 9.18 Å². The van der Waals surface area contributed by atoms with Crippen LogP contribution in [0.15, 0.2) is 18.5 Å². The Morgan fingerprint density at radius 1 is 1.43 bits per heavy atom. The highest BCUT2D eigenvalue weighted by Crippen LogP contribution is 2.22. The highest BCUT2D eigenvalue weighted by molar-refractivity contribution is 5.89. The van der Waals surface area contributed by atoms with Gasteiger partial charge in [0.2, 0.25) is 0 Å². The first-order valence-corrected chi connectivity index (χ1v) is 7.64. The van der Waals surface area contributed by atoms with Crippen molar-refractivity contribution in [2.75, 3.05) is 18.4 Å². The van der Waals surface area contributed by atoms with E-state index in [0.717, 1.165) is 6.20 Å². The van der Waals surface area contributed by atoms with Crippen molar-refractivity contribution in [2.45, 2.75) is 39.2 Å². The zero-order valence-electron chi connectivity index (χ0n) is 13.6. The van der Waals surface area contributed by atoms with E-state index in [-0.39, 0.29) is 24.1 Å². The molecule has 2 heterocycles. The average molecular weight is 323 g/mol. The van der Waals surface area contributed by atoms with Gasteiger partial charge in [-0.1, -0.05) is 0 Å². The lowest BCUT2D eigenvalue weighted by Gasteiger charge is -2.33. The fourth-order valence-corrected chi connectivity index (χ4v) is 2.41. The second-order valence-electron chi connectivity index (χ2n) is 6.60. The van der Waals surface area contributed by atoms with Crippen molar-refractivity contribution in [3.8, 4) is 0 Å². The highest BCUT2D eigenvalue weighted by atomic mass is 19.1. The van der Waals surface area contributed by atoms with Crippen LogP contribution in [-0.2, 0) is 9.53 Å². The molecule has 2 amide bonds. The second kappa shape index (κ2) is 6.93. The van der Waals surface area contributed by atoms with Crippen LogP contribution in [0.4, 0.5) is 14.9 Å². The number of likely N-dealkylation sites (tertiary alicyclic amines) is 1. The molecule has 6 nitrogen and oxygen atoms in total. The molecular weight excluding hydrogens is 301 g/mol. The van der Waals surface area contributed by atoms with Gasteiger partial charge in [-0.2, -0.15) is 0 Å². The van der Waals surface area contributed by atoms with Crippen LogP contribution in [0.5, 0.6) is 0 Å². The second-order valence-corrected chi connectivity index (χ2v) is 6.60. The van der Waals surface area contributed by atoms with E-state index in [1.165, 1.54) is 17.2 Å². The number of nitrogens with zero attached hydrogens (tertiary/aromatic N) is 2. The summed E-state index contributed by atoms with van der Waals surface area (Å²) in [6.07, 6.45) is 3.83. The summed E-state index contributed by atoms with van der Waals surface area (Å²) >= 11 is 0. The number of carbonyl (C=O) groups is 2. The third-order valence-corrected chi connectivity index (χ3v) is 3.46. The molecule has 1 aliphatic heterocycles. The SMILES string of the molecule is CC(C)(C)OC(=O)[C@H]1CCCN(C(=O)Nc2ccncc2F)C1. The predicted molar refractivity (Wildman–Crippen MR) is 83.4 cm³/mol. The van der Waals surface area contributed by atoms with Crippen LogP contribution in [0, 0.1) is 11.7 Å². The smallest absolute Gasteiger partial charge is 0.321 e. The number of rotatable bonds is 2. The molecule has 7 heteroatoms. The van der Waals surface area contributed by atoms with Crippen LogP contribution < -0.4 is 5.32 Å². The highest BCUT2D eigenvalue weighted by Gasteiger charge is 2.31. The van der Waals surface area contributed by atoms with E-state index in [9.17, 15) is 14.0 Å². The maximum Gasteiger partial charge on any atom is 0.321 e. The summed E-state index contributed by atoms with van der Waals surface area (Å²) in [6.45, 7) is 6.23. The number of pyridine rings is 1. The Hall–Kier alpha value is -2.18. The molecule has 1 aromatic rings. The Balaban J connectivity index is 1.96. The third-order valence-electron chi connectivity index (χ3n) is 3.46. The molecule has 1 N–H and O–H groups in total. The van der Waals surface area contributed by atoms with E-state index >= 15 is 0 Å². The molecule has 1 aliphatic rings. The molecule has 0 radical (unpaired) electrons. The minimum absolute atomic E-state index is 0.0735. The monoisotopic (exact) mass is 323 g/mol. The lowest BCUT2D eigenvalue weighted by molar-refractivity contribution is -0.161. The molecule has 0 saturated carbocycles. The minimum atomic E-state index is -0.596. The first kappa shape index (κ1) is 17.2. The number of hydrogen-bond acceptors (Lipinski definition) is 4. The summed E-state index contributed by atoms with van der Waals surface area (Å²) in [6, 6.07) is 0.964. The number of halogens is 1. The van der Waals surface area contributed by atoms with Crippen molar-refractivity contribution >= 4 is 17.7 Å². The van der Waals surface area contributed by atoms with E-state index < -0.39 is 17.4 Å². The lowest BCUT2D eigenvalue weighted by Crippen LogP contribution is -2.45. The Morgan fingerprint density at radius 2 is 2.17 bits per heavy atom. The van der Waals surface area contributed by atoms with E-state index in [1.54, 1.807) is 0 Å². The van der Waals surface area contributed by atoms with Crippen LogP contribution in [0.25, 0.3) is 0 Å². The zero-order chi connectivity index (χ0) is 17.0. The fourth-order valence-electron chi connectivity index (χ4n) is 2.41. The van der Waals surface area contributed by atoms with E-state index in [1.807, 2.05) is 20.8 Å². The minimum Gasteiger partial charge on any atom is -0.460 e. The summed E-state index contributed by atoms with van der Waals surface area (Å²) in [5.41, 5.74) is -0.480. The van der Waals surface area contributed by atoms with Gasteiger partial charge in [0.25, 0.3) is 0 Å². The predicted octanol–water partition coefficient (Wildman–Crippen LogP) is 2.81. The summed E-state index contributed by atoms with van der Waals surface area (Å²) in [5, 5.41) is 2.51. The molecule has 0 spiro atoms. The Kier molecular flexibility index (Phi) is 5.18. The zero-order valence-corrected chi connectivity index (χ0v) is 13.6. The van der Waals surface area contributed by atoms with Crippen LogP contribution in [-0.4, -0.2) is 40.6 Å². The van der Waals surface area contributed by atoms with Crippen molar-refractivity contribution < 1.29 is 18.7 Å². The van der Waals surface area contributed by atoms with E-state index in [0.29, 0.717) is 19.4 Å². The number of anilines is 1. The number of esters is 1. The van der Waals surface area contributed by atoms with E-state index in [2.05, 4.69) is 10.3 Å². The summed E-state index contributed by atoms with van der Waals surface area (Å²) in [5.74, 6) is -1.25. The van der Waals surface area contributed by atoms with Crippen LogP contribution >= 0.6 is 0 Å². The van der Waals surface area contributed by atoms with Crippen molar-refractivity contribution in [1.29, 1.82) is 0 Å². The number of hydrogen-bond donors (Lipinski definition) is 1. The Labute approximate surface area is 135 Å². The number of carbonyl (C=O) groups excluding carboxylic acids is 2. The average Bonchev–Trinajstić information content (AvgIpc) is 2.48. The molecule has 2 rings (SSSR count). The number of ether oxygens (including phenoxy) is 1. The quantitative estimate of drug-likeness (QED) is 0.850.